The molecule has 1 rings (SSSR count). The molecule has 0 spiro atoms. The van der Waals surface area contributed by atoms with Crippen LogP contribution in [0, 0.1) is 0 Å². The fourth-order valence-electron chi connectivity index (χ4n) is 1.27. The maximum atomic E-state index is 10.9. The van der Waals surface area contributed by atoms with Crippen LogP contribution in [0.1, 0.15) is 20.3 Å². The molecule has 0 saturated heterocycles. The first-order valence-corrected chi connectivity index (χ1v) is 5.27. The van der Waals surface area contributed by atoms with Crippen LogP contribution in [0.2, 0.25) is 0 Å². The molecular formula is C8H12NNaO3S. The number of rotatable bonds is 1. The summed E-state index contributed by atoms with van der Waals surface area (Å²) in [6, 6.07) is 0. The third kappa shape index (κ3) is 2.61. The Balaban J connectivity index is 0.00000169. The summed E-state index contributed by atoms with van der Waals surface area (Å²) in [5, 5.41) is 0. The molecule has 4 nitrogen and oxygen atoms in total. The van der Waals surface area contributed by atoms with Gasteiger partial charge in [0.05, 0.1) is 4.75 Å². The Morgan fingerprint density at radius 3 is 2.43 bits per heavy atom. The van der Waals surface area contributed by atoms with Gasteiger partial charge < -0.3 is 10.3 Å². The standard InChI is InChI=1S/C8H13NO3S.Na/c1-6-5-8(2,13(10,11)12)4-3-7(6)9;/h3-4H,5,9H2,1-2H3,(H,10,11,12);/q;+1/p-1. The van der Waals surface area contributed by atoms with E-state index in [-0.39, 0.29) is 36.0 Å². The van der Waals surface area contributed by atoms with Crippen LogP contribution >= 0.6 is 0 Å². The smallest absolute Gasteiger partial charge is 0.747 e. The first-order chi connectivity index (χ1) is 5.76. The average Bonchev–Trinajstić information content (AvgIpc) is 1.95. The summed E-state index contributed by atoms with van der Waals surface area (Å²) >= 11 is 0. The minimum atomic E-state index is -4.31. The van der Waals surface area contributed by atoms with Crippen LogP contribution in [0.3, 0.4) is 0 Å². The molecule has 0 bridgehead atoms. The molecule has 1 unspecified atom stereocenters. The summed E-state index contributed by atoms with van der Waals surface area (Å²) < 4.78 is 31.3. The summed E-state index contributed by atoms with van der Waals surface area (Å²) in [5.74, 6) is 0. The van der Waals surface area contributed by atoms with Gasteiger partial charge in [-0.2, -0.15) is 0 Å². The maximum Gasteiger partial charge on any atom is 1.00 e. The molecule has 0 aliphatic heterocycles. The van der Waals surface area contributed by atoms with Gasteiger partial charge in [-0.25, -0.2) is 8.42 Å². The molecular weight excluding hydrogens is 213 g/mol. The second-order valence-corrected chi connectivity index (χ2v) is 5.35. The molecule has 1 aliphatic carbocycles. The van der Waals surface area contributed by atoms with Crippen molar-refractivity contribution in [2.75, 3.05) is 0 Å². The molecule has 74 valence electrons. The van der Waals surface area contributed by atoms with Crippen LogP contribution in [0.15, 0.2) is 23.4 Å². The van der Waals surface area contributed by atoms with Gasteiger partial charge in [0.1, 0.15) is 10.1 Å². The molecule has 0 fully saturated rings. The van der Waals surface area contributed by atoms with E-state index in [1.165, 1.54) is 19.1 Å². The molecule has 1 atom stereocenters. The van der Waals surface area contributed by atoms with Gasteiger partial charge in [0.15, 0.2) is 0 Å². The van der Waals surface area contributed by atoms with Gasteiger partial charge in [0.25, 0.3) is 0 Å². The summed E-state index contributed by atoms with van der Waals surface area (Å²) in [4.78, 5) is 0. The van der Waals surface area contributed by atoms with Crippen molar-refractivity contribution in [1.82, 2.24) is 0 Å². The van der Waals surface area contributed by atoms with Crippen molar-refractivity contribution < 1.29 is 42.5 Å². The van der Waals surface area contributed by atoms with Crippen molar-refractivity contribution in [3.05, 3.63) is 23.4 Å². The number of hydrogen-bond donors (Lipinski definition) is 1. The van der Waals surface area contributed by atoms with E-state index in [4.69, 9.17) is 5.73 Å². The van der Waals surface area contributed by atoms with E-state index in [9.17, 15) is 13.0 Å². The van der Waals surface area contributed by atoms with Crippen LogP contribution in [0.25, 0.3) is 0 Å². The molecule has 6 heteroatoms. The van der Waals surface area contributed by atoms with Crippen molar-refractivity contribution in [2.24, 2.45) is 5.73 Å². The zero-order valence-electron chi connectivity index (χ0n) is 8.57. The topological polar surface area (TPSA) is 83.2 Å². The van der Waals surface area contributed by atoms with E-state index in [0.717, 1.165) is 5.57 Å². The number of nitrogens with two attached hydrogens (primary N) is 1. The van der Waals surface area contributed by atoms with Crippen LogP contribution in [-0.2, 0) is 10.1 Å². The zero-order valence-corrected chi connectivity index (χ0v) is 11.4. The van der Waals surface area contributed by atoms with Crippen molar-refractivity contribution in [3.8, 4) is 0 Å². The molecule has 1 aliphatic rings. The van der Waals surface area contributed by atoms with E-state index in [2.05, 4.69) is 0 Å². The summed E-state index contributed by atoms with van der Waals surface area (Å²) in [5.41, 5.74) is 6.82. The number of hydrogen-bond acceptors (Lipinski definition) is 4. The monoisotopic (exact) mass is 225 g/mol. The fraction of sp³-hybridized carbons (Fsp3) is 0.500. The molecule has 0 heterocycles. The van der Waals surface area contributed by atoms with Crippen LogP contribution in [-0.4, -0.2) is 17.7 Å². The minimum absolute atomic E-state index is 0. The Bertz CT molecular complexity index is 385. The maximum absolute atomic E-state index is 10.9. The minimum Gasteiger partial charge on any atom is -0.747 e. The first kappa shape index (κ1) is 14.2. The van der Waals surface area contributed by atoms with Gasteiger partial charge in [-0.15, -0.1) is 0 Å². The molecule has 0 aromatic carbocycles. The Kier molecular flexibility index (Phi) is 4.42. The van der Waals surface area contributed by atoms with Gasteiger partial charge in [0, 0.05) is 5.70 Å². The first-order valence-electron chi connectivity index (χ1n) is 3.86. The van der Waals surface area contributed by atoms with Gasteiger partial charge >= 0.3 is 29.6 Å². The predicted octanol–water partition coefficient (Wildman–Crippen LogP) is -2.51. The number of allylic oxidation sites excluding steroid dienone is 2. The summed E-state index contributed by atoms with van der Waals surface area (Å²) in [6.07, 6.45) is 3.02. The van der Waals surface area contributed by atoms with Gasteiger partial charge in [-0.3, -0.25) is 0 Å². The van der Waals surface area contributed by atoms with Crippen molar-refractivity contribution in [3.63, 3.8) is 0 Å². The molecule has 0 aromatic heterocycles. The Hall–Kier alpha value is 0.190. The summed E-state index contributed by atoms with van der Waals surface area (Å²) in [7, 11) is -4.31. The van der Waals surface area contributed by atoms with Crippen LogP contribution < -0.4 is 35.3 Å². The molecule has 14 heavy (non-hydrogen) atoms. The molecule has 2 N–H and O–H groups in total. The van der Waals surface area contributed by atoms with E-state index >= 15 is 0 Å². The Morgan fingerprint density at radius 1 is 1.57 bits per heavy atom. The quantitative estimate of drug-likeness (QED) is 0.394. The largest absolute Gasteiger partial charge is 1.00 e. The molecule has 0 radical (unpaired) electrons. The molecule has 0 saturated carbocycles. The normalized spacial score (nSPS) is 27.4. The molecule has 0 amide bonds. The van der Waals surface area contributed by atoms with E-state index < -0.39 is 14.9 Å². The van der Waals surface area contributed by atoms with Crippen LogP contribution in [0.5, 0.6) is 0 Å². The predicted molar refractivity (Wildman–Crippen MR) is 48.7 cm³/mol. The van der Waals surface area contributed by atoms with E-state index in [0.29, 0.717) is 5.70 Å². The Labute approximate surface area is 106 Å². The Morgan fingerprint density at radius 2 is 2.07 bits per heavy atom. The van der Waals surface area contributed by atoms with E-state index in [1.54, 1.807) is 6.92 Å². The van der Waals surface area contributed by atoms with Gasteiger partial charge in [0.2, 0.25) is 0 Å². The third-order valence-corrected chi connectivity index (χ3v) is 3.72. The SMILES string of the molecule is CC1=C(N)C=CC(C)(S(=O)(=O)[O-])C1.[Na+]. The van der Waals surface area contributed by atoms with Crippen molar-refractivity contribution in [2.45, 2.75) is 25.0 Å². The van der Waals surface area contributed by atoms with Gasteiger partial charge in [-0.05, 0) is 31.9 Å². The van der Waals surface area contributed by atoms with E-state index in [1.807, 2.05) is 0 Å². The molecule has 0 aromatic rings. The second kappa shape index (κ2) is 4.37. The van der Waals surface area contributed by atoms with Gasteiger partial charge in [-0.1, -0.05) is 6.08 Å². The second-order valence-electron chi connectivity index (χ2n) is 3.51. The zero-order chi connectivity index (χ0) is 10.3. The third-order valence-electron chi connectivity index (χ3n) is 2.30. The van der Waals surface area contributed by atoms with Crippen molar-refractivity contribution in [1.29, 1.82) is 0 Å². The summed E-state index contributed by atoms with van der Waals surface area (Å²) in [6.45, 7) is 3.13. The van der Waals surface area contributed by atoms with Crippen LogP contribution in [0.4, 0.5) is 0 Å². The van der Waals surface area contributed by atoms with Crippen molar-refractivity contribution >= 4 is 10.1 Å². The average molecular weight is 225 g/mol. The fourth-order valence-corrected chi connectivity index (χ4v) is 1.90.